The summed E-state index contributed by atoms with van der Waals surface area (Å²) in [7, 11) is 0. The van der Waals surface area contributed by atoms with E-state index in [4.69, 9.17) is 4.74 Å². The van der Waals surface area contributed by atoms with Gasteiger partial charge in [0, 0.05) is 25.2 Å². The summed E-state index contributed by atoms with van der Waals surface area (Å²) in [6, 6.07) is 5.78. The minimum absolute atomic E-state index is 0.105. The molecule has 4 nitrogen and oxygen atoms in total. The predicted octanol–water partition coefficient (Wildman–Crippen LogP) is 3.96. The maximum absolute atomic E-state index is 13.6. The van der Waals surface area contributed by atoms with E-state index in [0.717, 1.165) is 50.0 Å². The monoisotopic (exact) mass is 390 g/mol. The summed E-state index contributed by atoms with van der Waals surface area (Å²) in [4.78, 5) is 13.2. The van der Waals surface area contributed by atoms with E-state index in [0.29, 0.717) is 24.5 Å². The minimum Gasteiger partial charge on any atom is -0.381 e. The van der Waals surface area contributed by atoms with E-state index < -0.39 is 0 Å². The van der Waals surface area contributed by atoms with Gasteiger partial charge in [-0.15, -0.1) is 0 Å². The van der Waals surface area contributed by atoms with Crippen LogP contribution in [-0.4, -0.2) is 31.2 Å². The summed E-state index contributed by atoms with van der Waals surface area (Å²) in [5.74, 6) is 0.626. The highest BCUT2D eigenvalue weighted by molar-refractivity contribution is 5.83. The fraction of sp³-hybridized carbons (Fsp3) is 0.696. The van der Waals surface area contributed by atoms with Crippen molar-refractivity contribution < 1.29 is 13.9 Å². The maximum atomic E-state index is 13.6. The average Bonchev–Trinajstić information content (AvgIpc) is 3.06. The third-order valence-electron chi connectivity index (χ3n) is 6.75. The second kappa shape index (κ2) is 8.91. The van der Waals surface area contributed by atoms with Crippen LogP contribution in [0.5, 0.6) is 0 Å². The van der Waals surface area contributed by atoms with Crippen LogP contribution in [0, 0.1) is 30.0 Å². The molecular weight excluding hydrogens is 355 g/mol. The molecule has 4 atom stereocenters. The van der Waals surface area contributed by atoms with Crippen molar-refractivity contribution in [3.8, 4) is 0 Å². The molecule has 5 heteroatoms. The molecule has 3 rings (SSSR count). The van der Waals surface area contributed by atoms with Crippen LogP contribution in [0.25, 0.3) is 0 Å². The van der Waals surface area contributed by atoms with E-state index in [1.807, 2.05) is 13.0 Å². The van der Waals surface area contributed by atoms with Crippen molar-refractivity contribution in [3.05, 3.63) is 35.1 Å². The van der Waals surface area contributed by atoms with Gasteiger partial charge in [0.2, 0.25) is 5.91 Å². The zero-order valence-electron chi connectivity index (χ0n) is 17.7. The Balaban J connectivity index is 1.62. The lowest BCUT2D eigenvalue weighted by molar-refractivity contribution is -0.133. The molecule has 0 bridgehead atoms. The Morgan fingerprint density at radius 2 is 2.11 bits per heavy atom. The van der Waals surface area contributed by atoms with Crippen molar-refractivity contribution in [3.63, 3.8) is 0 Å². The summed E-state index contributed by atoms with van der Waals surface area (Å²) < 4.78 is 19.2. The minimum atomic E-state index is -0.353. The number of carbonyl (C=O) groups excluding carboxylic acids is 1. The summed E-state index contributed by atoms with van der Waals surface area (Å²) in [5, 5.41) is 6.91. The normalized spacial score (nSPS) is 30.6. The Morgan fingerprint density at radius 1 is 1.32 bits per heavy atom. The van der Waals surface area contributed by atoms with Crippen LogP contribution in [0.1, 0.15) is 57.6 Å². The van der Waals surface area contributed by atoms with Crippen LogP contribution in [0.4, 0.5) is 4.39 Å². The molecule has 28 heavy (non-hydrogen) atoms. The number of rotatable bonds is 6. The standard InChI is InChI=1S/C23H35FN2O2/c1-15(2)23(22(27)25-13-18-9-16(3)10-19(24)11-18)7-5-20(12-23)26-21-6-8-28-14-17(21)4/h9-11,15,17,20-21,26H,5-8,12-14H2,1-4H3,(H,25,27)/t17-,20-,21?,23+/m1/s1. The first-order valence-electron chi connectivity index (χ1n) is 10.7. The third kappa shape index (κ3) is 4.74. The van der Waals surface area contributed by atoms with E-state index in [-0.39, 0.29) is 23.1 Å². The van der Waals surface area contributed by atoms with Gasteiger partial charge >= 0.3 is 0 Å². The van der Waals surface area contributed by atoms with Crippen LogP contribution < -0.4 is 10.6 Å². The molecule has 1 heterocycles. The molecule has 1 saturated carbocycles. The third-order valence-corrected chi connectivity index (χ3v) is 6.75. The number of aryl methyl sites for hydroxylation is 1. The lowest BCUT2D eigenvalue weighted by Gasteiger charge is -2.35. The predicted molar refractivity (Wildman–Crippen MR) is 109 cm³/mol. The highest BCUT2D eigenvalue weighted by Crippen LogP contribution is 2.45. The second-order valence-corrected chi connectivity index (χ2v) is 9.18. The smallest absolute Gasteiger partial charge is 0.226 e. The molecule has 0 radical (unpaired) electrons. The van der Waals surface area contributed by atoms with Gasteiger partial charge < -0.3 is 15.4 Å². The van der Waals surface area contributed by atoms with Crippen LogP contribution >= 0.6 is 0 Å². The fourth-order valence-corrected chi connectivity index (χ4v) is 4.91. The molecular formula is C23H35FN2O2. The van der Waals surface area contributed by atoms with Crippen molar-refractivity contribution in [2.75, 3.05) is 13.2 Å². The first kappa shape index (κ1) is 21.3. The van der Waals surface area contributed by atoms with Crippen molar-refractivity contribution in [2.45, 2.75) is 72.0 Å². The number of amides is 1. The number of ether oxygens (including phenoxy) is 1. The molecule has 2 N–H and O–H groups in total. The number of carbonyl (C=O) groups is 1. The molecule has 2 aliphatic rings. The van der Waals surface area contributed by atoms with Crippen molar-refractivity contribution in [1.29, 1.82) is 0 Å². The number of halogens is 1. The van der Waals surface area contributed by atoms with Crippen LogP contribution in [0.3, 0.4) is 0 Å². The number of hydrogen-bond acceptors (Lipinski definition) is 3. The second-order valence-electron chi connectivity index (χ2n) is 9.18. The highest BCUT2D eigenvalue weighted by Gasteiger charge is 2.47. The summed E-state index contributed by atoms with van der Waals surface area (Å²) in [6.07, 6.45) is 3.82. The quantitative estimate of drug-likeness (QED) is 0.773. The number of benzene rings is 1. The van der Waals surface area contributed by atoms with Crippen molar-refractivity contribution in [2.24, 2.45) is 17.3 Å². The fourth-order valence-electron chi connectivity index (χ4n) is 4.91. The van der Waals surface area contributed by atoms with Gasteiger partial charge in [-0.3, -0.25) is 4.79 Å². The topological polar surface area (TPSA) is 50.4 Å². The largest absolute Gasteiger partial charge is 0.381 e. The van der Waals surface area contributed by atoms with Gasteiger partial charge in [0.25, 0.3) is 0 Å². The lowest BCUT2D eigenvalue weighted by atomic mass is 9.74. The van der Waals surface area contributed by atoms with Gasteiger partial charge in [-0.1, -0.05) is 26.8 Å². The first-order valence-corrected chi connectivity index (χ1v) is 10.7. The Morgan fingerprint density at radius 3 is 2.79 bits per heavy atom. The summed E-state index contributed by atoms with van der Waals surface area (Å²) in [6.45, 7) is 10.4. The Bertz CT molecular complexity index is 673. The van der Waals surface area contributed by atoms with Crippen LogP contribution in [-0.2, 0) is 16.1 Å². The molecule has 156 valence electrons. The average molecular weight is 391 g/mol. The first-order chi connectivity index (χ1) is 13.3. The molecule has 1 aliphatic heterocycles. The molecule has 0 spiro atoms. The molecule has 1 aromatic carbocycles. The van der Waals surface area contributed by atoms with E-state index in [1.165, 1.54) is 12.1 Å². The molecule has 1 aromatic rings. The van der Waals surface area contributed by atoms with Gasteiger partial charge in [0.15, 0.2) is 0 Å². The van der Waals surface area contributed by atoms with Gasteiger partial charge in [-0.2, -0.15) is 0 Å². The van der Waals surface area contributed by atoms with Gasteiger partial charge in [0.05, 0.1) is 12.0 Å². The Labute approximate surface area is 168 Å². The molecule has 1 unspecified atom stereocenters. The van der Waals surface area contributed by atoms with Crippen molar-refractivity contribution >= 4 is 5.91 Å². The van der Waals surface area contributed by atoms with E-state index >= 15 is 0 Å². The summed E-state index contributed by atoms with van der Waals surface area (Å²) in [5.41, 5.74) is 1.33. The maximum Gasteiger partial charge on any atom is 0.226 e. The van der Waals surface area contributed by atoms with Gasteiger partial charge in [-0.05, 0) is 67.7 Å². The van der Waals surface area contributed by atoms with Crippen molar-refractivity contribution in [1.82, 2.24) is 10.6 Å². The van der Waals surface area contributed by atoms with Gasteiger partial charge in [0.1, 0.15) is 5.82 Å². The molecule has 1 amide bonds. The molecule has 1 saturated heterocycles. The van der Waals surface area contributed by atoms with Crippen LogP contribution in [0.2, 0.25) is 0 Å². The SMILES string of the molecule is Cc1cc(F)cc(CNC(=O)[C@@]2(C(C)C)CC[C@@H](NC3CCOC[C@H]3C)C2)c1. The zero-order chi connectivity index (χ0) is 20.3. The zero-order valence-corrected chi connectivity index (χ0v) is 17.7. The van der Waals surface area contributed by atoms with E-state index in [2.05, 4.69) is 31.4 Å². The van der Waals surface area contributed by atoms with Gasteiger partial charge in [-0.25, -0.2) is 4.39 Å². The Kier molecular flexibility index (Phi) is 6.77. The summed E-state index contributed by atoms with van der Waals surface area (Å²) >= 11 is 0. The van der Waals surface area contributed by atoms with E-state index in [9.17, 15) is 9.18 Å². The molecule has 1 aliphatic carbocycles. The molecule has 2 fully saturated rings. The Hall–Kier alpha value is -1.46. The van der Waals surface area contributed by atoms with Crippen LogP contribution in [0.15, 0.2) is 18.2 Å². The number of hydrogen-bond donors (Lipinski definition) is 2. The van der Waals surface area contributed by atoms with E-state index in [1.54, 1.807) is 0 Å². The molecule has 0 aromatic heterocycles. The highest BCUT2D eigenvalue weighted by atomic mass is 19.1. The lowest BCUT2D eigenvalue weighted by Crippen LogP contribution is -2.47. The number of nitrogens with one attached hydrogen (secondary N) is 2.